The van der Waals surface area contributed by atoms with Crippen LogP contribution in [0.25, 0.3) is 11.0 Å². The van der Waals surface area contributed by atoms with Crippen molar-refractivity contribution in [3.05, 3.63) is 34.7 Å². The Balaban J connectivity index is 1.07. The highest BCUT2D eigenvalue weighted by molar-refractivity contribution is 5.89. The minimum Gasteiger partial charge on any atom is -0.464 e. The van der Waals surface area contributed by atoms with Gasteiger partial charge < -0.3 is 14.6 Å². The van der Waals surface area contributed by atoms with Gasteiger partial charge in [-0.25, -0.2) is 9.59 Å². The number of benzene rings is 1. The van der Waals surface area contributed by atoms with Crippen LogP contribution in [0.3, 0.4) is 0 Å². The predicted octanol–water partition coefficient (Wildman–Crippen LogP) is 3.47. The van der Waals surface area contributed by atoms with Gasteiger partial charge in [0.05, 0.1) is 23.1 Å². The number of imidazole rings is 1. The first-order valence-corrected chi connectivity index (χ1v) is 12.7. The standard InChI is InChI=1S/C26H33N3O4/c30-23(33-10-4-9-29-21-6-2-1-5-20(21)27-25(29)32)22-7-3-8-28(22)24(31)26-14-17-11-18(15-26)13-19(12-17)16-26/h1-2,5-6,17-19,22H,3-4,7-16H2,(H,27,32)/t17?,18?,19?,22-,26?/m0/s1. The molecule has 4 saturated carbocycles. The molecule has 33 heavy (non-hydrogen) atoms. The maximum atomic E-state index is 13.7. The number of rotatable bonds is 6. The predicted molar refractivity (Wildman–Crippen MR) is 123 cm³/mol. The number of nitrogens with one attached hydrogen (secondary N) is 1. The van der Waals surface area contributed by atoms with E-state index in [1.807, 2.05) is 29.2 Å². The van der Waals surface area contributed by atoms with Gasteiger partial charge in [-0.2, -0.15) is 0 Å². The molecular formula is C26H33N3O4. The van der Waals surface area contributed by atoms with Gasteiger partial charge in [0.1, 0.15) is 6.04 Å². The third-order valence-corrected chi connectivity index (χ3v) is 8.73. The van der Waals surface area contributed by atoms with Crippen LogP contribution in [0, 0.1) is 23.2 Å². The summed E-state index contributed by atoms with van der Waals surface area (Å²) in [6.45, 7) is 1.41. The van der Waals surface area contributed by atoms with E-state index < -0.39 is 6.04 Å². The number of hydrogen-bond acceptors (Lipinski definition) is 4. The molecule has 7 rings (SSSR count). The number of likely N-dealkylation sites (tertiary alicyclic amines) is 1. The lowest BCUT2D eigenvalue weighted by Crippen LogP contribution is -2.56. The third kappa shape index (κ3) is 3.60. The van der Waals surface area contributed by atoms with Gasteiger partial charge in [-0.15, -0.1) is 0 Å². The van der Waals surface area contributed by atoms with E-state index >= 15 is 0 Å². The van der Waals surface area contributed by atoms with Crippen molar-refractivity contribution >= 4 is 22.9 Å². The summed E-state index contributed by atoms with van der Waals surface area (Å²) in [7, 11) is 0. The van der Waals surface area contributed by atoms with Gasteiger partial charge in [0.2, 0.25) is 5.91 Å². The lowest BCUT2D eigenvalue weighted by atomic mass is 9.49. The number of para-hydroxylation sites is 2. The molecule has 176 valence electrons. The second kappa shape index (κ2) is 8.03. The van der Waals surface area contributed by atoms with Crippen molar-refractivity contribution in [2.75, 3.05) is 13.2 Å². The topological polar surface area (TPSA) is 84.4 Å². The number of hydrogen-bond donors (Lipinski definition) is 1. The number of aromatic nitrogens is 2. The van der Waals surface area contributed by atoms with Crippen molar-refractivity contribution in [3.8, 4) is 0 Å². The summed E-state index contributed by atoms with van der Waals surface area (Å²) in [4.78, 5) is 43.6. The first kappa shape index (κ1) is 21.0. The van der Waals surface area contributed by atoms with Crippen molar-refractivity contribution in [3.63, 3.8) is 0 Å². The zero-order chi connectivity index (χ0) is 22.6. The highest BCUT2D eigenvalue weighted by atomic mass is 16.5. The molecule has 1 aliphatic heterocycles. The Hall–Kier alpha value is -2.57. The molecule has 1 atom stereocenters. The van der Waals surface area contributed by atoms with Crippen LogP contribution < -0.4 is 5.69 Å². The number of ether oxygens (including phenoxy) is 1. The Kier molecular flexibility index (Phi) is 5.11. The fourth-order valence-electron chi connectivity index (χ4n) is 7.75. The van der Waals surface area contributed by atoms with Crippen LogP contribution in [0.4, 0.5) is 0 Å². The molecule has 1 N–H and O–H groups in total. The number of nitrogens with zero attached hydrogens (tertiary/aromatic N) is 2. The number of carbonyl (C=O) groups excluding carboxylic acids is 2. The van der Waals surface area contributed by atoms with E-state index in [1.54, 1.807) is 4.57 Å². The second-order valence-electron chi connectivity index (χ2n) is 11.0. The fourth-order valence-corrected chi connectivity index (χ4v) is 7.75. The lowest BCUT2D eigenvalue weighted by molar-refractivity contribution is -0.165. The summed E-state index contributed by atoms with van der Waals surface area (Å²) in [6, 6.07) is 7.14. The van der Waals surface area contributed by atoms with Gasteiger partial charge in [-0.1, -0.05) is 12.1 Å². The maximum absolute atomic E-state index is 13.7. The maximum Gasteiger partial charge on any atom is 0.328 e. The summed E-state index contributed by atoms with van der Waals surface area (Å²) < 4.78 is 7.30. The quantitative estimate of drug-likeness (QED) is 0.538. The van der Waals surface area contributed by atoms with E-state index in [4.69, 9.17) is 4.74 Å². The van der Waals surface area contributed by atoms with E-state index in [0.29, 0.717) is 43.7 Å². The summed E-state index contributed by atoms with van der Waals surface area (Å²) in [6.07, 6.45) is 9.09. The zero-order valence-electron chi connectivity index (χ0n) is 19.1. The normalized spacial score (nSPS) is 32.5. The molecule has 2 aromatic rings. The number of H-pyrrole nitrogens is 1. The molecule has 7 heteroatoms. The van der Waals surface area contributed by atoms with Crippen LogP contribution >= 0.6 is 0 Å². The van der Waals surface area contributed by atoms with Crippen molar-refractivity contribution in [1.82, 2.24) is 14.5 Å². The minimum absolute atomic E-state index is 0.148. The van der Waals surface area contributed by atoms with Crippen molar-refractivity contribution in [2.24, 2.45) is 23.2 Å². The molecule has 4 aliphatic carbocycles. The molecule has 5 aliphatic rings. The Bertz CT molecular complexity index is 1100. The molecule has 0 spiro atoms. The number of carbonyl (C=O) groups is 2. The summed E-state index contributed by atoms with van der Waals surface area (Å²) in [5.74, 6) is 2.08. The molecule has 5 fully saturated rings. The van der Waals surface area contributed by atoms with Gasteiger partial charge >= 0.3 is 11.7 Å². The van der Waals surface area contributed by atoms with Gasteiger partial charge in [0.15, 0.2) is 0 Å². The van der Waals surface area contributed by atoms with Gasteiger partial charge in [0, 0.05) is 13.1 Å². The van der Waals surface area contributed by atoms with Crippen molar-refractivity contribution in [1.29, 1.82) is 0 Å². The minimum atomic E-state index is -0.443. The highest BCUT2D eigenvalue weighted by Gasteiger charge is 2.56. The Labute approximate surface area is 193 Å². The number of esters is 1. The SMILES string of the molecule is O=C(OCCCn1c(=O)[nH]c2ccccc21)[C@@H]1CCCN1C(=O)C12CC3CC(CC(C3)C1)C2. The van der Waals surface area contributed by atoms with E-state index in [0.717, 1.165) is 36.7 Å². The molecular weight excluding hydrogens is 418 g/mol. The van der Waals surface area contributed by atoms with E-state index in [2.05, 4.69) is 4.98 Å². The number of fused-ring (bicyclic) bond motifs is 1. The molecule has 1 aromatic heterocycles. The van der Waals surface area contributed by atoms with E-state index in [9.17, 15) is 14.4 Å². The number of amides is 1. The zero-order valence-corrected chi connectivity index (χ0v) is 19.1. The average molecular weight is 452 g/mol. The van der Waals surface area contributed by atoms with Gasteiger partial charge in [-0.05, 0) is 87.7 Å². The van der Waals surface area contributed by atoms with Crippen molar-refractivity contribution in [2.45, 2.75) is 70.4 Å². The van der Waals surface area contributed by atoms with Crippen LogP contribution in [-0.2, 0) is 20.9 Å². The average Bonchev–Trinajstić information content (AvgIpc) is 3.39. The Morgan fingerprint density at radius 1 is 1.06 bits per heavy atom. The van der Waals surface area contributed by atoms with Gasteiger partial charge in [-0.3, -0.25) is 9.36 Å². The molecule has 2 heterocycles. The first-order valence-electron chi connectivity index (χ1n) is 12.7. The Morgan fingerprint density at radius 2 is 1.76 bits per heavy atom. The van der Waals surface area contributed by atoms with E-state index in [-0.39, 0.29) is 29.6 Å². The molecule has 1 aromatic carbocycles. The third-order valence-electron chi connectivity index (χ3n) is 8.73. The summed E-state index contributed by atoms with van der Waals surface area (Å²) in [5.41, 5.74) is 1.31. The van der Waals surface area contributed by atoms with Gasteiger partial charge in [0.25, 0.3) is 0 Å². The second-order valence-corrected chi connectivity index (χ2v) is 11.0. The molecule has 1 saturated heterocycles. The fraction of sp³-hybridized carbons (Fsp3) is 0.654. The smallest absolute Gasteiger partial charge is 0.328 e. The van der Waals surface area contributed by atoms with Crippen LogP contribution in [-0.4, -0.2) is 45.5 Å². The Morgan fingerprint density at radius 3 is 2.48 bits per heavy atom. The highest BCUT2D eigenvalue weighted by Crippen LogP contribution is 2.60. The number of aromatic amines is 1. The molecule has 0 radical (unpaired) electrons. The molecule has 7 nitrogen and oxygen atoms in total. The van der Waals surface area contributed by atoms with Crippen LogP contribution in [0.1, 0.15) is 57.8 Å². The van der Waals surface area contributed by atoms with Crippen LogP contribution in [0.2, 0.25) is 0 Å². The summed E-state index contributed by atoms with van der Waals surface area (Å²) >= 11 is 0. The number of aryl methyl sites for hydroxylation is 1. The van der Waals surface area contributed by atoms with E-state index in [1.165, 1.54) is 19.3 Å². The largest absolute Gasteiger partial charge is 0.464 e. The molecule has 4 bridgehead atoms. The van der Waals surface area contributed by atoms with Crippen molar-refractivity contribution < 1.29 is 14.3 Å². The molecule has 0 unspecified atom stereocenters. The summed E-state index contributed by atoms with van der Waals surface area (Å²) in [5, 5.41) is 0. The first-order chi connectivity index (χ1) is 16.0. The van der Waals surface area contributed by atoms with Crippen LogP contribution in [0.5, 0.6) is 0 Å². The monoisotopic (exact) mass is 451 g/mol. The van der Waals surface area contributed by atoms with Crippen LogP contribution in [0.15, 0.2) is 29.1 Å². The lowest BCUT2D eigenvalue weighted by Gasteiger charge is -2.56. The molecule has 1 amide bonds.